The van der Waals surface area contributed by atoms with Crippen LogP contribution in [0.2, 0.25) is 0 Å². The molecule has 0 radical (unpaired) electrons. The number of aliphatic hydroxyl groups is 1. The molecule has 1 aromatic carbocycles. The van der Waals surface area contributed by atoms with E-state index in [-0.39, 0.29) is 17.7 Å². The van der Waals surface area contributed by atoms with E-state index in [0.717, 1.165) is 0 Å². The molecule has 1 rings (SSSR count). The molecule has 24 heavy (non-hydrogen) atoms. The van der Waals surface area contributed by atoms with Gasteiger partial charge in [-0.1, -0.05) is 12.1 Å². The molecule has 130 valence electrons. The number of aliphatic hydroxyl groups excluding tert-OH is 1. The molecule has 0 unspecified atom stereocenters. The van der Waals surface area contributed by atoms with Crippen molar-refractivity contribution in [3.8, 4) is 0 Å². The summed E-state index contributed by atoms with van der Waals surface area (Å²) in [5.74, 6) is -4.39. The Labute approximate surface area is 135 Å². The molecule has 1 amide bonds. The molecule has 4 N–H and O–H groups in total. The second-order valence-corrected chi connectivity index (χ2v) is 3.81. The number of benzene rings is 1. The van der Waals surface area contributed by atoms with Crippen molar-refractivity contribution < 1.29 is 44.1 Å². The largest absolute Gasteiger partial charge is 0.502 e. The first kappa shape index (κ1) is 20.4. The van der Waals surface area contributed by atoms with Gasteiger partial charge in [-0.3, -0.25) is 0 Å². The average molecular weight is 341 g/mol. The van der Waals surface area contributed by atoms with E-state index >= 15 is 0 Å². The number of amides is 1. The molecule has 1 aromatic rings. The minimum Gasteiger partial charge on any atom is -0.502 e. The molecule has 0 atom stereocenters. The maximum absolute atomic E-state index is 10.5. The van der Waals surface area contributed by atoms with Crippen LogP contribution in [0.4, 0.5) is 4.79 Å². The fourth-order valence-electron chi connectivity index (χ4n) is 1.16. The van der Waals surface area contributed by atoms with E-state index in [2.05, 4.69) is 16.2 Å². The van der Waals surface area contributed by atoms with E-state index in [0.29, 0.717) is 0 Å². The number of hydrogen-bond donors (Lipinski definition) is 4. The summed E-state index contributed by atoms with van der Waals surface area (Å²) in [6, 6.07) is 5.48. The predicted molar refractivity (Wildman–Crippen MR) is 78.4 cm³/mol. The molecule has 0 saturated heterocycles. The van der Waals surface area contributed by atoms with Gasteiger partial charge in [0.05, 0.1) is 17.7 Å². The maximum atomic E-state index is 10.5. The number of carbonyl (C=O) groups is 4. The van der Waals surface area contributed by atoms with Crippen molar-refractivity contribution in [2.75, 3.05) is 6.61 Å². The van der Waals surface area contributed by atoms with Crippen LogP contribution in [0.5, 0.6) is 0 Å². The molecule has 0 fully saturated rings. The molecule has 0 aliphatic rings. The first-order valence-corrected chi connectivity index (χ1v) is 6.28. The number of hydroxylamine groups is 1. The second kappa shape index (κ2) is 10.2. The number of hydrogen-bond acceptors (Lipinski definition) is 7. The Balaban J connectivity index is 0.000000441. The third-order valence-corrected chi connectivity index (χ3v) is 2.13. The average Bonchev–Trinajstić information content (AvgIpc) is 2.53. The van der Waals surface area contributed by atoms with Gasteiger partial charge in [0.2, 0.25) is 0 Å². The van der Waals surface area contributed by atoms with Gasteiger partial charge in [0.15, 0.2) is 5.76 Å². The fourth-order valence-corrected chi connectivity index (χ4v) is 1.16. The first-order valence-electron chi connectivity index (χ1n) is 6.28. The van der Waals surface area contributed by atoms with Gasteiger partial charge < -0.3 is 24.9 Å². The van der Waals surface area contributed by atoms with E-state index in [4.69, 9.17) is 15.3 Å². The second-order valence-electron chi connectivity index (χ2n) is 3.81. The summed E-state index contributed by atoms with van der Waals surface area (Å²) in [5, 5.41) is 25.5. The lowest BCUT2D eigenvalue weighted by Gasteiger charge is -2.03. The lowest BCUT2D eigenvalue weighted by Crippen LogP contribution is -2.28. The zero-order valence-corrected chi connectivity index (χ0v) is 12.5. The Bertz CT molecular complexity index is 606. The lowest BCUT2D eigenvalue weighted by atomic mass is 10.1. The Morgan fingerprint density at radius 3 is 1.83 bits per heavy atom. The number of carbonyl (C=O) groups excluding carboxylic acids is 2. The highest BCUT2D eigenvalue weighted by atomic mass is 16.7. The van der Waals surface area contributed by atoms with Crippen LogP contribution in [0.15, 0.2) is 36.6 Å². The van der Waals surface area contributed by atoms with Gasteiger partial charge in [-0.15, -0.1) is 5.48 Å². The molecule has 10 nitrogen and oxygen atoms in total. The predicted octanol–water partition coefficient (Wildman–Crippen LogP) is 1.35. The van der Waals surface area contributed by atoms with Gasteiger partial charge in [0.1, 0.15) is 0 Å². The molecular weight excluding hydrogens is 326 g/mol. The number of nitrogens with one attached hydrogen (secondary N) is 1. The number of rotatable bonds is 4. The standard InChI is InChI=1S/C8H6O4.C6H9NO5/c9-7(10)5-3-1-2-4-6(5)8(11)12;1-3-11-6(10)7-12-5(9)4(2)8/h1-4H,(H,9,10)(H,11,12);8H,2-3H2,1H3,(H,7,10). The summed E-state index contributed by atoms with van der Waals surface area (Å²) in [7, 11) is 0. The van der Waals surface area contributed by atoms with E-state index in [1.54, 1.807) is 12.4 Å². The van der Waals surface area contributed by atoms with Gasteiger partial charge in [-0.05, 0) is 25.6 Å². The van der Waals surface area contributed by atoms with Gasteiger partial charge in [0, 0.05) is 0 Å². The van der Waals surface area contributed by atoms with Gasteiger partial charge >= 0.3 is 24.0 Å². The third-order valence-electron chi connectivity index (χ3n) is 2.13. The topological polar surface area (TPSA) is 159 Å². The molecule has 10 heteroatoms. The summed E-state index contributed by atoms with van der Waals surface area (Å²) >= 11 is 0. The summed E-state index contributed by atoms with van der Waals surface area (Å²) in [4.78, 5) is 45.8. The Hall–Kier alpha value is -3.56. The summed E-state index contributed by atoms with van der Waals surface area (Å²) in [5.41, 5.74) is 1.25. The number of ether oxygens (including phenoxy) is 1. The molecule has 0 aromatic heterocycles. The van der Waals surface area contributed by atoms with Crippen LogP contribution in [0.1, 0.15) is 27.6 Å². The van der Waals surface area contributed by atoms with Gasteiger partial charge in [0.25, 0.3) is 0 Å². The van der Waals surface area contributed by atoms with Gasteiger partial charge in [-0.2, -0.15) is 0 Å². The van der Waals surface area contributed by atoms with E-state index < -0.39 is 29.8 Å². The van der Waals surface area contributed by atoms with Crippen LogP contribution >= 0.6 is 0 Å². The van der Waals surface area contributed by atoms with Crippen LogP contribution in [0, 0.1) is 0 Å². The SMILES string of the molecule is C=C(O)C(=O)ONC(=O)OCC.O=C(O)c1ccccc1C(=O)O. The highest BCUT2D eigenvalue weighted by Gasteiger charge is 2.13. The smallest absolute Gasteiger partial charge is 0.440 e. The molecule has 0 aliphatic heterocycles. The lowest BCUT2D eigenvalue weighted by molar-refractivity contribution is -0.148. The van der Waals surface area contributed by atoms with Gasteiger partial charge in [-0.25, -0.2) is 19.2 Å². The van der Waals surface area contributed by atoms with Crippen molar-refractivity contribution in [1.29, 1.82) is 0 Å². The Morgan fingerprint density at radius 1 is 1.04 bits per heavy atom. The first-order chi connectivity index (χ1) is 11.2. The van der Waals surface area contributed by atoms with Crippen molar-refractivity contribution in [3.63, 3.8) is 0 Å². The van der Waals surface area contributed by atoms with E-state index in [9.17, 15) is 19.2 Å². The summed E-state index contributed by atoms with van der Waals surface area (Å²) < 4.78 is 4.33. The third kappa shape index (κ3) is 7.45. The van der Waals surface area contributed by atoms with Crippen molar-refractivity contribution in [3.05, 3.63) is 47.7 Å². The van der Waals surface area contributed by atoms with Crippen molar-refractivity contribution in [2.24, 2.45) is 0 Å². The van der Waals surface area contributed by atoms with Crippen LogP contribution in [-0.4, -0.2) is 45.9 Å². The minimum atomic E-state index is -1.23. The van der Waals surface area contributed by atoms with Crippen LogP contribution in [0.3, 0.4) is 0 Å². The van der Waals surface area contributed by atoms with E-state index in [1.165, 1.54) is 24.3 Å². The number of aromatic carboxylic acids is 2. The van der Waals surface area contributed by atoms with Crippen LogP contribution in [-0.2, 0) is 14.4 Å². The van der Waals surface area contributed by atoms with Crippen molar-refractivity contribution in [2.45, 2.75) is 6.92 Å². The molecule has 0 heterocycles. The minimum absolute atomic E-state index is 0.156. The highest BCUT2D eigenvalue weighted by Crippen LogP contribution is 2.07. The normalized spacial score (nSPS) is 8.88. The molecule has 0 bridgehead atoms. The van der Waals surface area contributed by atoms with Crippen LogP contribution < -0.4 is 5.48 Å². The zero-order valence-electron chi connectivity index (χ0n) is 12.5. The number of carboxylic acids is 2. The maximum Gasteiger partial charge on any atom is 0.440 e. The fraction of sp³-hybridized carbons (Fsp3) is 0.143. The Morgan fingerprint density at radius 2 is 1.50 bits per heavy atom. The molecule has 0 aliphatic carbocycles. The van der Waals surface area contributed by atoms with Crippen LogP contribution in [0.25, 0.3) is 0 Å². The monoisotopic (exact) mass is 341 g/mol. The van der Waals surface area contributed by atoms with Crippen molar-refractivity contribution in [1.82, 2.24) is 5.48 Å². The highest BCUT2D eigenvalue weighted by molar-refractivity contribution is 6.01. The zero-order chi connectivity index (χ0) is 18.7. The summed E-state index contributed by atoms with van der Waals surface area (Å²) in [6.45, 7) is 4.61. The molecule has 0 saturated carbocycles. The number of carboxylic acid groups (broad SMARTS) is 2. The Kier molecular flexibility index (Phi) is 8.70. The quantitative estimate of drug-likeness (QED) is 0.360. The van der Waals surface area contributed by atoms with E-state index in [1.807, 2.05) is 0 Å². The summed E-state index contributed by atoms with van der Waals surface area (Å²) in [6.07, 6.45) is -0.910. The molecular formula is C14H15NO9. The van der Waals surface area contributed by atoms with Crippen molar-refractivity contribution >= 4 is 24.0 Å². The molecule has 0 spiro atoms.